The van der Waals surface area contributed by atoms with Crippen molar-refractivity contribution in [2.24, 2.45) is 0 Å². The molecule has 1 aromatic heterocycles. The zero-order valence-electron chi connectivity index (χ0n) is 9.11. The number of hydrogen-bond donors (Lipinski definition) is 1. The van der Waals surface area contributed by atoms with E-state index in [1.807, 2.05) is 0 Å². The van der Waals surface area contributed by atoms with Crippen LogP contribution in [0.25, 0.3) is 11.0 Å². The molecule has 2 aromatic rings. The highest BCUT2D eigenvalue weighted by Gasteiger charge is 2.11. The quantitative estimate of drug-likeness (QED) is 0.788. The van der Waals surface area contributed by atoms with Crippen LogP contribution < -0.4 is 0 Å². The van der Waals surface area contributed by atoms with Gasteiger partial charge in [0.2, 0.25) is 0 Å². The van der Waals surface area contributed by atoms with Crippen LogP contribution in [-0.4, -0.2) is 18.2 Å². The van der Waals surface area contributed by atoms with Crippen molar-refractivity contribution in [3.05, 3.63) is 29.5 Å². The van der Waals surface area contributed by atoms with E-state index in [4.69, 9.17) is 4.42 Å². The number of fused-ring (bicyclic) bond motifs is 1. The molecule has 1 N–H and O–H groups in total. The van der Waals surface area contributed by atoms with Crippen molar-refractivity contribution < 1.29 is 19.1 Å². The van der Waals surface area contributed by atoms with E-state index in [1.54, 1.807) is 25.1 Å². The van der Waals surface area contributed by atoms with Crippen LogP contribution in [0, 0.1) is 6.92 Å². The Balaban J connectivity index is 2.44. The highest BCUT2D eigenvalue weighted by Crippen LogP contribution is 2.28. The van der Waals surface area contributed by atoms with Gasteiger partial charge in [-0.2, -0.15) is 0 Å². The fourth-order valence-electron chi connectivity index (χ4n) is 1.59. The van der Waals surface area contributed by atoms with E-state index < -0.39 is 0 Å². The second-order valence-electron chi connectivity index (χ2n) is 3.59. The lowest BCUT2D eigenvalue weighted by molar-refractivity contribution is -0.140. The van der Waals surface area contributed by atoms with Crippen LogP contribution in [0.4, 0.5) is 0 Å². The van der Waals surface area contributed by atoms with Crippen molar-refractivity contribution in [1.82, 2.24) is 0 Å². The normalized spacial score (nSPS) is 10.6. The van der Waals surface area contributed by atoms with Crippen LogP contribution in [0.1, 0.15) is 11.3 Å². The Morgan fingerprint density at radius 2 is 2.25 bits per heavy atom. The van der Waals surface area contributed by atoms with Gasteiger partial charge in [-0.25, -0.2) is 0 Å². The highest BCUT2D eigenvalue weighted by molar-refractivity contribution is 5.84. The minimum absolute atomic E-state index is 0.103. The summed E-state index contributed by atoms with van der Waals surface area (Å²) in [6, 6.07) is 5.13. The number of carbonyl (C=O) groups is 1. The van der Waals surface area contributed by atoms with Gasteiger partial charge in [-0.3, -0.25) is 4.79 Å². The average molecular weight is 220 g/mol. The van der Waals surface area contributed by atoms with E-state index in [1.165, 1.54) is 7.11 Å². The Labute approximate surface area is 92.4 Å². The topological polar surface area (TPSA) is 59.7 Å². The molecule has 0 amide bonds. The molecule has 4 heteroatoms. The molecule has 0 radical (unpaired) electrons. The van der Waals surface area contributed by atoms with Crippen molar-refractivity contribution >= 4 is 16.9 Å². The molecule has 0 saturated carbocycles. The van der Waals surface area contributed by atoms with E-state index in [0.29, 0.717) is 16.9 Å². The molecule has 1 aromatic carbocycles. The number of benzene rings is 1. The van der Waals surface area contributed by atoms with Crippen molar-refractivity contribution in [2.45, 2.75) is 13.3 Å². The first-order chi connectivity index (χ1) is 7.61. The molecular formula is C12H12O4. The molecular weight excluding hydrogens is 208 g/mol. The third-order valence-electron chi connectivity index (χ3n) is 2.50. The summed E-state index contributed by atoms with van der Waals surface area (Å²) in [5.74, 6) is 0.378. The molecule has 0 saturated heterocycles. The Morgan fingerprint density at radius 1 is 1.50 bits per heavy atom. The zero-order chi connectivity index (χ0) is 11.7. The van der Waals surface area contributed by atoms with E-state index in [2.05, 4.69) is 4.74 Å². The Kier molecular flexibility index (Phi) is 2.56. The predicted octanol–water partition coefficient (Wildman–Crippen LogP) is 2.16. The molecule has 0 aliphatic heterocycles. The molecule has 1 heterocycles. The molecule has 0 fully saturated rings. The summed E-state index contributed by atoms with van der Waals surface area (Å²) in [5, 5.41) is 10.4. The first-order valence-corrected chi connectivity index (χ1v) is 4.89. The maximum absolute atomic E-state index is 11.1. The number of phenolic OH excluding ortho intramolecular Hbond substituents is 1. The summed E-state index contributed by atoms with van der Waals surface area (Å²) >= 11 is 0. The van der Waals surface area contributed by atoms with E-state index in [-0.39, 0.29) is 18.1 Å². The molecule has 0 atom stereocenters. The monoisotopic (exact) mass is 220 g/mol. The van der Waals surface area contributed by atoms with E-state index >= 15 is 0 Å². The van der Waals surface area contributed by atoms with Gasteiger partial charge in [-0.15, -0.1) is 0 Å². The average Bonchev–Trinajstić information content (AvgIpc) is 2.67. The van der Waals surface area contributed by atoms with Crippen LogP contribution >= 0.6 is 0 Å². The molecule has 4 nitrogen and oxygen atoms in total. The second kappa shape index (κ2) is 3.89. The lowest BCUT2D eigenvalue weighted by atomic mass is 10.1. The summed E-state index contributed by atoms with van der Waals surface area (Å²) in [5.41, 5.74) is 1.28. The SMILES string of the molecule is COC(=O)Cc1cc2ccc(O)c(C)c2o1. The molecule has 2 rings (SSSR count). The predicted molar refractivity (Wildman–Crippen MR) is 58.3 cm³/mol. The molecule has 0 spiro atoms. The zero-order valence-corrected chi connectivity index (χ0v) is 9.11. The van der Waals surface area contributed by atoms with Gasteiger partial charge in [-0.05, 0) is 25.1 Å². The van der Waals surface area contributed by atoms with Crippen LogP contribution in [-0.2, 0) is 16.0 Å². The minimum Gasteiger partial charge on any atom is -0.508 e. The van der Waals surface area contributed by atoms with Crippen LogP contribution in [0.15, 0.2) is 22.6 Å². The van der Waals surface area contributed by atoms with Gasteiger partial charge in [0.15, 0.2) is 0 Å². The summed E-state index contributed by atoms with van der Waals surface area (Å²) in [6.07, 6.45) is 0.103. The lowest BCUT2D eigenvalue weighted by Crippen LogP contribution is -2.03. The Hall–Kier alpha value is -1.97. The number of ether oxygens (including phenoxy) is 1. The molecule has 0 aliphatic carbocycles. The second-order valence-corrected chi connectivity index (χ2v) is 3.59. The number of methoxy groups -OCH3 is 1. The van der Waals surface area contributed by atoms with Crippen LogP contribution in [0.5, 0.6) is 5.75 Å². The highest BCUT2D eigenvalue weighted by atomic mass is 16.5. The third-order valence-corrected chi connectivity index (χ3v) is 2.50. The smallest absolute Gasteiger partial charge is 0.313 e. The van der Waals surface area contributed by atoms with Crippen LogP contribution in [0.2, 0.25) is 0 Å². The summed E-state index contributed by atoms with van der Waals surface area (Å²) < 4.78 is 10.0. The first-order valence-electron chi connectivity index (χ1n) is 4.89. The fourth-order valence-corrected chi connectivity index (χ4v) is 1.59. The molecule has 84 valence electrons. The number of phenols is 1. The number of aromatic hydroxyl groups is 1. The number of rotatable bonds is 2. The van der Waals surface area contributed by atoms with Gasteiger partial charge in [0, 0.05) is 10.9 Å². The molecule has 16 heavy (non-hydrogen) atoms. The lowest BCUT2D eigenvalue weighted by Gasteiger charge is -1.97. The van der Waals surface area contributed by atoms with Crippen molar-refractivity contribution in [2.75, 3.05) is 7.11 Å². The van der Waals surface area contributed by atoms with Crippen LogP contribution in [0.3, 0.4) is 0 Å². The number of hydrogen-bond acceptors (Lipinski definition) is 4. The van der Waals surface area contributed by atoms with E-state index in [9.17, 15) is 9.90 Å². The number of furan rings is 1. The molecule has 0 aliphatic rings. The van der Waals surface area contributed by atoms with Crippen molar-refractivity contribution in [1.29, 1.82) is 0 Å². The van der Waals surface area contributed by atoms with Gasteiger partial charge < -0.3 is 14.3 Å². The maximum Gasteiger partial charge on any atom is 0.313 e. The van der Waals surface area contributed by atoms with Gasteiger partial charge >= 0.3 is 5.97 Å². The summed E-state index contributed by atoms with van der Waals surface area (Å²) in [7, 11) is 1.34. The standard InChI is InChI=1S/C12H12O4/c1-7-10(13)4-3-8-5-9(16-12(7)8)6-11(14)15-2/h3-5,13H,6H2,1-2H3. The van der Waals surface area contributed by atoms with Crippen molar-refractivity contribution in [3.63, 3.8) is 0 Å². The van der Waals surface area contributed by atoms with Gasteiger partial charge in [0.05, 0.1) is 7.11 Å². The van der Waals surface area contributed by atoms with Crippen molar-refractivity contribution in [3.8, 4) is 5.75 Å². The third kappa shape index (κ3) is 1.74. The van der Waals surface area contributed by atoms with Gasteiger partial charge in [0.1, 0.15) is 23.5 Å². The minimum atomic E-state index is -0.346. The van der Waals surface area contributed by atoms with E-state index in [0.717, 1.165) is 5.39 Å². The summed E-state index contributed by atoms with van der Waals surface area (Å²) in [4.78, 5) is 11.1. The fraction of sp³-hybridized carbons (Fsp3) is 0.250. The maximum atomic E-state index is 11.1. The molecule has 0 unspecified atom stereocenters. The Bertz CT molecular complexity index is 539. The number of aryl methyl sites for hydroxylation is 1. The summed E-state index contributed by atoms with van der Waals surface area (Å²) in [6.45, 7) is 1.77. The Morgan fingerprint density at radius 3 is 2.94 bits per heavy atom. The number of carbonyl (C=O) groups excluding carboxylic acids is 1. The molecule has 0 bridgehead atoms. The largest absolute Gasteiger partial charge is 0.508 e. The first kappa shape index (κ1) is 10.5. The van der Waals surface area contributed by atoms with Gasteiger partial charge in [-0.1, -0.05) is 0 Å². The number of esters is 1. The van der Waals surface area contributed by atoms with Gasteiger partial charge in [0.25, 0.3) is 0 Å².